The van der Waals surface area contributed by atoms with Crippen molar-refractivity contribution in [2.45, 2.75) is 109 Å². The van der Waals surface area contributed by atoms with Gasteiger partial charge in [-0.25, -0.2) is 0 Å². The molecular weight excluding hydrogens is 685 g/mol. The molecule has 3 saturated carbocycles. The number of allylic oxidation sites excluding steroid dienone is 9. The standard InChI is InChI=1S/C48H68N2O5/c1-32-15-16-39(26-35-10-8-11-36(25-35)27-43(50-29-32)37-12-5-6-13-37)33(2)9-7-14-41(31-53)42-19-21-48(46(42)54)45-38(20-24-51)17-18-40(44(45)34(3)30-52)28-47(48,55)22-23-49-4/h7-11,14-15,17-18,25,30,37-40,42-43,45-46,49-51,53-55H,2,5-6,12-13,16,19-24,26-29,31H2,1,3-4H3/t38-,39-,40-,42+,43?,45+,46+,47+,48+/m0/s1. The number of aliphatic hydroxyl groups is 4. The summed E-state index contributed by atoms with van der Waals surface area (Å²) < 4.78 is 0. The van der Waals surface area contributed by atoms with E-state index < -0.39 is 17.1 Å². The van der Waals surface area contributed by atoms with Crippen LogP contribution in [0.15, 0.2) is 95.2 Å². The summed E-state index contributed by atoms with van der Waals surface area (Å²) >= 11 is 0. The predicted octanol–water partition coefficient (Wildman–Crippen LogP) is 6.74. The molecular formula is C48H68N2O5. The minimum absolute atomic E-state index is 0.0236. The molecule has 1 heterocycles. The number of carbonyl (C=O) groups is 1. The lowest BCUT2D eigenvalue weighted by Crippen LogP contribution is -2.65. The number of nitrogens with one attached hydrogen (secondary N) is 2. The maximum Gasteiger partial charge on any atom is 0.145 e. The van der Waals surface area contributed by atoms with Gasteiger partial charge in [-0.05, 0) is 138 Å². The molecule has 1 spiro atoms. The van der Waals surface area contributed by atoms with E-state index in [0.717, 1.165) is 54.7 Å². The number of rotatable bonds is 12. The highest BCUT2D eigenvalue weighted by Crippen LogP contribution is 2.67. The van der Waals surface area contributed by atoms with Crippen LogP contribution in [-0.4, -0.2) is 77.8 Å². The number of hydrogen-bond acceptors (Lipinski definition) is 7. The minimum Gasteiger partial charge on any atom is -0.396 e. The summed E-state index contributed by atoms with van der Waals surface area (Å²) in [7, 11) is 1.87. The van der Waals surface area contributed by atoms with Crippen molar-refractivity contribution in [3.05, 3.63) is 106 Å². The summed E-state index contributed by atoms with van der Waals surface area (Å²) in [5.41, 5.74) is 5.34. The van der Waals surface area contributed by atoms with Crippen LogP contribution in [0.5, 0.6) is 0 Å². The van der Waals surface area contributed by atoms with E-state index in [2.05, 4.69) is 72.7 Å². The first-order valence-electron chi connectivity index (χ1n) is 21.2. The van der Waals surface area contributed by atoms with Crippen molar-refractivity contribution in [1.82, 2.24) is 10.6 Å². The van der Waals surface area contributed by atoms with E-state index in [1.807, 2.05) is 26.1 Å². The summed E-state index contributed by atoms with van der Waals surface area (Å²) in [6.07, 6.45) is 23.3. The smallest absolute Gasteiger partial charge is 0.145 e. The molecule has 1 unspecified atom stereocenters. The molecule has 6 N–H and O–H groups in total. The van der Waals surface area contributed by atoms with Gasteiger partial charge in [0.25, 0.3) is 0 Å². The SMILES string of the molecule is C=C(C=CC=C(CO)[C@H]1CC[C@]2([C@@H]1O)[C@H]1C(=C(C)C=O)[C@@H](C=C[C@H]1CCO)C[C@]2(O)CCNC)[C@H]1CC=C(C)CNC(C2CCCC2)Cc2cccc(c2)C1. The Labute approximate surface area is 330 Å². The highest BCUT2D eigenvalue weighted by molar-refractivity contribution is 5.74. The first-order chi connectivity index (χ1) is 26.6. The Kier molecular flexibility index (Phi) is 14.1. The third-order valence-electron chi connectivity index (χ3n) is 14.5. The average Bonchev–Trinajstić information content (AvgIpc) is 3.84. The zero-order valence-electron chi connectivity index (χ0n) is 33.7. The lowest BCUT2D eigenvalue weighted by Gasteiger charge is -2.61. The Morgan fingerprint density at radius 1 is 1.11 bits per heavy atom. The molecule has 0 aromatic heterocycles. The fourth-order valence-corrected chi connectivity index (χ4v) is 11.6. The van der Waals surface area contributed by atoms with Crippen molar-refractivity contribution in [1.29, 1.82) is 0 Å². The molecule has 7 nitrogen and oxygen atoms in total. The quantitative estimate of drug-likeness (QED) is 0.0606. The highest BCUT2D eigenvalue weighted by atomic mass is 16.3. The molecule has 5 aliphatic rings. The van der Waals surface area contributed by atoms with Gasteiger partial charge >= 0.3 is 0 Å². The zero-order valence-corrected chi connectivity index (χ0v) is 33.7. The number of hydrogen-bond donors (Lipinski definition) is 6. The molecule has 7 heteroatoms. The first kappa shape index (κ1) is 41.7. The van der Waals surface area contributed by atoms with E-state index in [1.165, 1.54) is 42.4 Å². The van der Waals surface area contributed by atoms with Gasteiger partial charge in [0.2, 0.25) is 0 Å². The second-order valence-electron chi connectivity index (χ2n) is 17.7. The van der Waals surface area contributed by atoms with Crippen LogP contribution < -0.4 is 10.6 Å². The summed E-state index contributed by atoms with van der Waals surface area (Å²) in [5.74, 6) is 0.0642. The summed E-state index contributed by atoms with van der Waals surface area (Å²) in [6.45, 7) is 9.88. The van der Waals surface area contributed by atoms with Gasteiger partial charge in [-0.15, -0.1) is 0 Å². The summed E-state index contributed by atoms with van der Waals surface area (Å²) in [4.78, 5) is 12.3. The van der Waals surface area contributed by atoms with Crippen LogP contribution in [0.25, 0.3) is 0 Å². The lowest BCUT2D eigenvalue weighted by atomic mass is 9.45. The Hall–Kier alpha value is -2.91. The molecule has 6 rings (SSSR count). The highest BCUT2D eigenvalue weighted by Gasteiger charge is 2.68. The van der Waals surface area contributed by atoms with Gasteiger partial charge in [-0.1, -0.05) is 96.9 Å². The topological polar surface area (TPSA) is 122 Å². The number of fused-ring (bicyclic) bond motifs is 5. The van der Waals surface area contributed by atoms with Crippen LogP contribution in [0.1, 0.15) is 89.2 Å². The van der Waals surface area contributed by atoms with Crippen LogP contribution in [0, 0.1) is 40.9 Å². The molecule has 55 heavy (non-hydrogen) atoms. The second-order valence-corrected chi connectivity index (χ2v) is 17.7. The molecule has 3 fully saturated rings. The molecule has 1 aliphatic heterocycles. The Bertz CT molecular complexity index is 1670. The Morgan fingerprint density at radius 3 is 2.58 bits per heavy atom. The van der Waals surface area contributed by atoms with Crippen LogP contribution >= 0.6 is 0 Å². The Morgan fingerprint density at radius 2 is 1.87 bits per heavy atom. The van der Waals surface area contributed by atoms with Crippen LogP contribution in [0.4, 0.5) is 0 Å². The molecule has 0 radical (unpaired) electrons. The molecule has 300 valence electrons. The molecule has 1 aromatic rings. The maximum atomic E-state index is 12.8. The number of carbonyl (C=O) groups excluding carboxylic acids is 1. The van der Waals surface area contributed by atoms with E-state index in [0.29, 0.717) is 50.3 Å². The number of benzene rings is 1. The van der Waals surface area contributed by atoms with Gasteiger partial charge in [-0.2, -0.15) is 0 Å². The predicted molar refractivity (Wildman–Crippen MR) is 222 cm³/mol. The average molecular weight is 753 g/mol. The van der Waals surface area contributed by atoms with Crippen molar-refractivity contribution in [3.63, 3.8) is 0 Å². The fraction of sp³-hybridized carbons (Fsp3) is 0.604. The number of aldehydes is 1. The maximum absolute atomic E-state index is 12.8. The van der Waals surface area contributed by atoms with E-state index in [1.54, 1.807) is 0 Å². The van der Waals surface area contributed by atoms with Crippen LogP contribution in [-0.2, 0) is 17.6 Å². The van der Waals surface area contributed by atoms with Crippen molar-refractivity contribution in [2.24, 2.45) is 40.9 Å². The molecule has 0 amide bonds. The van der Waals surface area contributed by atoms with Crippen molar-refractivity contribution >= 4 is 6.29 Å². The molecule has 4 aliphatic carbocycles. The third kappa shape index (κ3) is 8.68. The Balaban J connectivity index is 1.25. The van der Waals surface area contributed by atoms with E-state index in [-0.39, 0.29) is 42.8 Å². The van der Waals surface area contributed by atoms with Gasteiger partial charge in [0, 0.05) is 36.4 Å². The van der Waals surface area contributed by atoms with Crippen LogP contribution in [0.2, 0.25) is 0 Å². The first-order valence-corrected chi connectivity index (χ1v) is 21.2. The number of aliphatic hydroxyl groups excluding tert-OH is 3. The normalized spacial score (nSPS) is 35.4. The van der Waals surface area contributed by atoms with E-state index >= 15 is 0 Å². The third-order valence-corrected chi connectivity index (χ3v) is 14.5. The van der Waals surface area contributed by atoms with Crippen LogP contribution in [0.3, 0.4) is 0 Å². The minimum atomic E-state index is -1.21. The van der Waals surface area contributed by atoms with Gasteiger partial charge < -0.3 is 31.1 Å². The van der Waals surface area contributed by atoms with Gasteiger partial charge in [0.1, 0.15) is 6.29 Å². The van der Waals surface area contributed by atoms with Crippen molar-refractivity contribution in [2.75, 3.05) is 33.4 Å². The van der Waals surface area contributed by atoms with E-state index in [9.17, 15) is 25.2 Å². The van der Waals surface area contributed by atoms with Crippen molar-refractivity contribution < 1.29 is 25.2 Å². The fourth-order valence-electron chi connectivity index (χ4n) is 11.6. The van der Waals surface area contributed by atoms with Gasteiger partial charge in [0.15, 0.2) is 0 Å². The zero-order chi connectivity index (χ0) is 39.2. The molecule has 4 bridgehead atoms. The molecule has 0 saturated heterocycles. The second kappa shape index (κ2) is 18.6. The summed E-state index contributed by atoms with van der Waals surface area (Å²) in [6, 6.07) is 9.62. The summed E-state index contributed by atoms with van der Waals surface area (Å²) in [5, 5.41) is 53.5. The monoisotopic (exact) mass is 753 g/mol. The van der Waals surface area contributed by atoms with Gasteiger partial charge in [-0.3, -0.25) is 4.79 Å². The largest absolute Gasteiger partial charge is 0.396 e. The van der Waals surface area contributed by atoms with Crippen molar-refractivity contribution in [3.8, 4) is 0 Å². The lowest BCUT2D eigenvalue weighted by molar-refractivity contribution is -0.194. The van der Waals surface area contributed by atoms with E-state index in [4.69, 9.17) is 0 Å². The molecule has 9 atom stereocenters. The van der Waals surface area contributed by atoms with Gasteiger partial charge in [0.05, 0.1) is 18.3 Å². The molecule has 1 aromatic carbocycles.